The van der Waals surface area contributed by atoms with Gasteiger partial charge < -0.3 is 4.42 Å². The molecule has 0 aliphatic heterocycles. The zero-order chi connectivity index (χ0) is 29.6. The van der Waals surface area contributed by atoms with E-state index in [1.165, 1.54) is 44.2 Å². The first-order valence-corrected chi connectivity index (χ1v) is 15.5. The van der Waals surface area contributed by atoms with Crippen molar-refractivity contribution < 1.29 is 4.42 Å². The van der Waals surface area contributed by atoms with Crippen molar-refractivity contribution in [2.45, 2.75) is 19.3 Å². The molecule has 4 heteroatoms. The van der Waals surface area contributed by atoms with Crippen LogP contribution in [0.1, 0.15) is 25.0 Å². The van der Waals surface area contributed by atoms with E-state index < -0.39 is 0 Å². The summed E-state index contributed by atoms with van der Waals surface area (Å²) in [6.07, 6.45) is 0. The number of para-hydroxylation sites is 3. The standard InChI is InChI=1S/C41H25N3O/c1-41(2)30-11-5-3-9-24(30)25-17-15-23(20-31(25)41)22-16-18-34-27(19-22)28-21-29-26-10-4-8-14-35(26)45-39(29)36-37-40(44(34)38(28)36)43-33-13-7-6-12-32(33)42-37/h3-21H,1-2H3. The molecule has 0 saturated heterocycles. The van der Waals surface area contributed by atoms with Crippen LogP contribution in [0.25, 0.3) is 93.6 Å². The Kier molecular flexibility index (Phi) is 4.13. The Morgan fingerprint density at radius 1 is 0.600 bits per heavy atom. The van der Waals surface area contributed by atoms with Crippen molar-refractivity contribution in [1.29, 1.82) is 0 Å². The molecule has 0 N–H and O–H groups in total. The van der Waals surface area contributed by atoms with Crippen molar-refractivity contribution in [3.8, 4) is 22.3 Å². The highest BCUT2D eigenvalue weighted by atomic mass is 16.3. The number of fused-ring (bicyclic) bond motifs is 14. The van der Waals surface area contributed by atoms with E-state index in [9.17, 15) is 0 Å². The molecule has 4 heterocycles. The second kappa shape index (κ2) is 7.85. The molecule has 210 valence electrons. The molecule has 1 aliphatic rings. The van der Waals surface area contributed by atoms with Gasteiger partial charge in [-0.15, -0.1) is 0 Å². The zero-order valence-corrected chi connectivity index (χ0v) is 24.7. The van der Waals surface area contributed by atoms with Crippen LogP contribution in [0.4, 0.5) is 0 Å². The van der Waals surface area contributed by atoms with Crippen molar-refractivity contribution in [1.82, 2.24) is 14.4 Å². The molecule has 45 heavy (non-hydrogen) atoms. The molecule has 11 rings (SSSR count). The molecule has 0 bridgehead atoms. The number of furan rings is 1. The third kappa shape index (κ3) is 2.83. The topological polar surface area (TPSA) is 43.3 Å². The van der Waals surface area contributed by atoms with Gasteiger partial charge in [-0.05, 0) is 75.8 Å². The summed E-state index contributed by atoms with van der Waals surface area (Å²) in [5, 5.41) is 5.66. The Bertz CT molecular complexity index is 2910. The first kappa shape index (κ1) is 23.7. The van der Waals surface area contributed by atoms with Crippen LogP contribution in [0.2, 0.25) is 0 Å². The molecule has 1 aliphatic carbocycles. The Balaban J connectivity index is 1.25. The molecule has 4 nitrogen and oxygen atoms in total. The van der Waals surface area contributed by atoms with Gasteiger partial charge in [-0.2, -0.15) is 0 Å². The fourth-order valence-corrected chi connectivity index (χ4v) is 8.17. The molecule has 6 aromatic carbocycles. The van der Waals surface area contributed by atoms with E-state index in [1.54, 1.807) is 0 Å². The van der Waals surface area contributed by atoms with Crippen LogP contribution >= 0.6 is 0 Å². The molecule has 0 amide bonds. The summed E-state index contributed by atoms with van der Waals surface area (Å²) in [6.45, 7) is 4.68. The number of benzene rings is 6. The van der Waals surface area contributed by atoms with E-state index in [4.69, 9.17) is 14.4 Å². The summed E-state index contributed by atoms with van der Waals surface area (Å²) in [7, 11) is 0. The largest absolute Gasteiger partial charge is 0.455 e. The smallest absolute Gasteiger partial charge is 0.165 e. The van der Waals surface area contributed by atoms with Crippen molar-refractivity contribution in [3.63, 3.8) is 0 Å². The molecule has 0 atom stereocenters. The first-order valence-electron chi connectivity index (χ1n) is 15.5. The van der Waals surface area contributed by atoms with Gasteiger partial charge in [0, 0.05) is 27.0 Å². The lowest BCUT2D eigenvalue weighted by molar-refractivity contribution is 0.660. The van der Waals surface area contributed by atoms with Crippen LogP contribution in [0.3, 0.4) is 0 Å². The monoisotopic (exact) mass is 575 g/mol. The molecule has 10 aromatic rings. The molecule has 0 radical (unpaired) electrons. The summed E-state index contributed by atoms with van der Waals surface area (Å²) >= 11 is 0. The van der Waals surface area contributed by atoms with Crippen molar-refractivity contribution >= 4 is 71.3 Å². The normalized spacial score (nSPS) is 14.2. The highest BCUT2D eigenvalue weighted by Gasteiger charge is 2.35. The van der Waals surface area contributed by atoms with Gasteiger partial charge in [-0.3, -0.25) is 4.40 Å². The fraction of sp³-hybridized carbons (Fsp3) is 0.0732. The third-order valence-corrected chi connectivity index (χ3v) is 10.3. The van der Waals surface area contributed by atoms with E-state index in [2.05, 4.69) is 97.1 Å². The van der Waals surface area contributed by atoms with Crippen LogP contribution in [0.15, 0.2) is 120 Å². The van der Waals surface area contributed by atoms with Gasteiger partial charge in [-0.1, -0.05) is 86.6 Å². The van der Waals surface area contributed by atoms with Crippen molar-refractivity contribution in [2.75, 3.05) is 0 Å². The Morgan fingerprint density at radius 3 is 2.24 bits per heavy atom. The quantitative estimate of drug-likeness (QED) is 0.196. The lowest BCUT2D eigenvalue weighted by atomic mass is 9.81. The van der Waals surface area contributed by atoms with Gasteiger partial charge in [-0.25, -0.2) is 9.97 Å². The van der Waals surface area contributed by atoms with E-state index in [1.807, 2.05) is 36.4 Å². The van der Waals surface area contributed by atoms with Gasteiger partial charge in [0.05, 0.1) is 27.5 Å². The molecular weight excluding hydrogens is 550 g/mol. The minimum absolute atomic E-state index is 0.0447. The molecule has 0 spiro atoms. The second-order valence-electron chi connectivity index (χ2n) is 13.0. The maximum absolute atomic E-state index is 6.58. The fourth-order valence-electron chi connectivity index (χ4n) is 8.17. The third-order valence-electron chi connectivity index (χ3n) is 10.3. The maximum Gasteiger partial charge on any atom is 0.165 e. The summed E-state index contributed by atoms with van der Waals surface area (Å²) < 4.78 is 8.88. The van der Waals surface area contributed by atoms with Gasteiger partial charge in [0.1, 0.15) is 16.7 Å². The number of rotatable bonds is 1. The van der Waals surface area contributed by atoms with Crippen LogP contribution in [-0.4, -0.2) is 14.4 Å². The minimum Gasteiger partial charge on any atom is -0.455 e. The van der Waals surface area contributed by atoms with E-state index >= 15 is 0 Å². The SMILES string of the molecule is CC1(C)c2ccccc2-c2ccc(-c3ccc4c(c3)c3cc5c6ccccc6oc5c5c6nc7ccccc7nc6n4c35)cc21. The van der Waals surface area contributed by atoms with E-state index in [-0.39, 0.29) is 5.41 Å². The maximum atomic E-state index is 6.58. The summed E-state index contributed by atoms with van der Waals surface area (Å²) in [5.41, 5.74) is 15.4. The molecule has 0 fully saturated rings. The first-order chi connectivity index (χ1) is 22.1. The van der Waals surface area contributed by atoms with Gasteiger partial charge in [0.25, 0.3) is 0 Å². The van der Waals surface area contributed by atoms with Gasteiger partial charge >= 0.3 is 0 Å². The molecule has 0 saturated carbocycles. The molecule has 4 aromatic heterocycles. The number of nitrogens with zero attached hydrogens (tertiary/aromatic N) is 3. The van der Waals surface area contributed by atoms with Crippen molar-refractivity contribution in [2.24, 2.45) is 0 Å². The van der Waals surface area contributed by atoms with Crippen LogP contribution in [0, 0.1) is 0 Å². The van der Waals surface area contributed by atoms with Crippen LogP contribution < -0.4 is 0 Å². The zero-order valence-electron chi connectivity index (χ0n) is 24.7. The molecular formula is C41H25N3O. The van der Waals surface area contributed by atoms with E-state index in [0.717, 1.165) is 60.6 Å². The number of hydrogen-bond acceptors (Lipinski definition) is 3. The van der Waals surface area contributed by atoms with E-state index in [0.29, 0.717) is 0 Å². The summed E-state index contributed by atoms with van der Waals surface area (Å²) in [5.74, 6) is 0. The lowest BCUT2D eigenvalue weighted by Gasteiger charge is -2.22. The summed E-state index contributed by atoms with van der Waals surface area (Å²) in [6, 6.07) is 41.4. The summed E-state index contributed by atoms with van der Waals surface area (Å²) in [4.78, 5) is 10.4. The lowest BCUT2D eigenvalue weighted by Crippen LogP contribution is -2.14. The number of aromatic nitrogens is 3. The number of hydrogen-bond donors (Lipinski definition) is 0. The average molecular weight is 576 g/mol. The molecule has 0 unspecified atom stereocenters. The predicted octanol–water partition coefficient (Wildman–Crippen LogP) is 10.7. The second-order valence-corrected chi connectivity index (χ2v) is 13.0. The minimum atomic E-state index is -0.0447. The predicted molar refractivity (Wildman–Crippen MR) is 184 cm³/mol. The highest BCUT2D eigenvalue weighted by molar-refractivity contribution is 6.32. The Hall–Kier alpha value is -5.74. The van der Waals surface area contributed by atoms with Crippen molar-refractivity contribution in [3.05, 3.63) is 126 Å². The highest BCUT2D eigenvalue weighted by Crippen LogP contribution is 2.50. The Labute approximate surface area is 257 Å². The van der Waals surface area contributed by atoms with Crippen LogP contribution in [0.5, 0.6) is 0 Å². The van der Waals surface area contributed by atoms with Gasteiger partial charge in [0.15, 0.2) is 5.65 Å². The van der Waals surface area contributed by atoms with Gasteiger partial charge in [0.2, 0.25) is 0 Å². The average Bonchev–Trinajstić information content (AvgIpc) is 3.77. The Morgan fingerprint density at radius 2 is 1.33 bits per heavy atom. The van der Waals surface area contributed by atoms with Crippen LogP contribution in [-0.2, 0) is 5.41 Å².